The van der Waals surface area contributed by atoms with Crippen LogP contribution in [0.1, 0.15) is 30.9 Å². The van der Waals surface area contributed by atoms with E-state index >= 15 is 0 Å². The van der Waals surface area contributed by atoms with E-state index in [4.69, 9.17) is 9.47 Å². The monoisotopic (exact) mass is 445 g/mol. The van der Waals surface area contributed by atoms with Crippen LogP contribution >= 0.6 is 0 Å². The molecule has 2 amide bonds. The van der Waals surface area contributed by atoms with Crippen LogP contribution in [-0.4, -0.2) is 24.6 Å². The van der Waals surface area contributed by atoms with Crippen LogP contribution in [0.15, 0.2) is 84.0 Å². The van der Waals surface area contributed by atoms with Gasteiger partial charge in [-0.3, -0.25) is 9.59 Å². The minimum Gasteiger partial charge on any atom is -0.494 e. The highest BCUT2D eigenvalue weighted by atomic mass is 16.5. The lowest BCUT2D eigenvalue weighted by molar-refractivity contribution is -0.124. The van der Waals surface area contributed by atoms with Crippen LogP contribution in [0.3, 0.4) is 0 Å². The first-order valence-corrected chi connectivity index (χ1v) is 10.7. The molecule has 0 atom stereocenters. The standard InChI is InChI=1S/C26H27N3O4/c1-2-32-23-14-12-22(13-15-23)28-25(30)16-17-26(31)29-27-18-21-10-6-7-11-24(21)33-19-20-8-4-3-5-9-20/h3-15,18H,2,16-17,19H2,1H3,(H,28,30)(H,29,31). The van der Waals surface area contributed by atoms with Crippen molar-refractivity contribution in [3.63, 3.8) is 0 Å². The molecule has 0 aliphatic carbocycles. The fourth-order valence-electron chi connectivity index (χ4n) is 2.94. The summed E-state index contributed by atoms with van der Waals surface area (Å²) in [5.41, 5.74) is 4.89. The molecular formula is C26H27N3O4. The molecule has 3 aromatic carbocycles. The summed E-state index contributed by atoms with van der Waals surface area (Å²) < 4.78 is 11.2. The number of amides is 2. The molecule has 0 unspecified atom stereocenters. The van der Waals surface area contributed by atoms with Crippen molar-refractivity contribution in [3.8, 4) is 11.5 Å². The molecule has 0 fully saturated rings. The maximum atomic E-state index is 12.1. The van der Waals surface area contributed by atoms with Crippen molar-refractivity contribution in [2.24, 2.45) is 5.10 Å². The van der Waals surface area contributed by atoms with Crippen LogP contribution in [0.25, 0.3) is 0 Å². The van der Waals surface area contributed by atoms with Crippen molar-refractivity contribution in [1.82, 2.24) is 5.43 Å². The molecule has 170 valence electrons. The predicted octanol–water partition coefficient (Wildman–Crippen LogP) is 4.53. The Morgan fingerprint density at radius 2 is 1.55 bits per heavy atom. The SMILES string of the molecule is CCOc1ccc(NC(=O)CCC(=O)NN=Cc2ccccc2OCc2ccccc2)cc1. The maximum Gasteiger partial charge on any atom is 0.240 e. The number of carbonyl (C=O) groups excluding carboxylic acids is 2. The molecule has 2 N–H and O–H groups in total. The average Bonchev–Trinajstić information content (AvgIpc) is 2.84. The van der Waals surface area contributed by atoms with Crippen LogP contribution in [0, 0.1) is 0 Å². The molecule has 0 bridgehead atoms. The van der Waals surface area contributed by atoms with Crippen molar-refractivity contribution in [2.75, 3.05) is 11.9 Å². The van der Waals surface area contributed by atoms with Gasteiger partial charge in [0.1, 0.15) is 18.1 Å². The van der Waals surface area contributed by atoms with Crippen molar-refractivity contribution in [2.45, 2.75) is 26.4 Å². The van der Waals surface area contributed by atoms with Gasteiger partial charge in [0.05, 0.1) is 12.8 Å². The average molecular weight is 446 g/mol. The Bertz CT molecular complexity index is 1070. The number of benzene rings is 3. The van der Waals surface area contributed by atoms with Gasteiger partial charge < -0.3 is 14.8 Å². The Hall–Kier alpha value is -4.13. The molecule has 0 aliphatic heterocycles. The zero-order chi connectivity index (χ0) is 23.3. The lowest BCUT2D eigenvalue weighted by atomic mass is 10.2. The van der Waals surface area contributed by atoms with Crippen LogP contribution in [0.4, 0.5) is 5.69 Å². The number of hydrogen-bond acceptors (Lipinski definition) is 5. The first-order chi connectivity index (χ1) is 16.1. The summed E-state index contributed by atoms with van der Waals surface area (Å²) in [7, 11) is 0. The number of carbonyl (C=O) groups is 2. The topological polar surface area (TPSA) is 89.0 Å². The summed E-state index contributed by atoms with van der Waals surface area (Å²) in [4.78, 5) is 24.1. The summed E-state index contributed by atoms with van der Waals surface area (Å²) in [6, 6.07) is 24.3. The molecule has 33 heavy (non-hydrogen) atoms. The van der Waals surface area contributed by atoms with Crippen LogP contribution in [0.2, 0.25) is 0 Å². The fourth-order valence-corrected chi connectivity index (χ4v) is 2.94. The third-order valence-electron chi connectivity index (χ3n) is 4.58. The van der Waals surface area contributed by atoms with Crippen LogP contribution in [-0.2, 0) is 16.2 Å². The zero-order valence-corrected chi connectivity index (χ0v) is 18.5. The summed E-state index contributed by atoms with van der Waals surface area (Å²) >= 11 is 0. The van der Waals surface area contributed by atoms with Gasteiger partial charge >= 0.3 is 0 Å². The Morgan fingerprint density at radius 3 is 2.30 bits per heavy atom. The lowest BCUT2D eigenvalue weighted by Gasteiger charge is -2.09. The van der Waals surface area contributed by atoms with Crippen LogP contribution < -0.4 is 20.2 Å². The molecule has 7 heteroatoms. The fraction of sp³-hybridized carbons (Fsp3) is 0.192. The first-order valence-electron chi connectivity index (χ1n) is 10.7. The summed E-state index contributed by atoms with van der Waals surface area (Å²) in [6.07, 6.45) is 1.59. The minimum atomic E-state index is -0.351. The van der Waals surface area contributed by atoms with Crippen molar-refractivity contribution in [3.05, 3.63) is 90.0 Å². The number of para-hydroxylation sites is 1. The number of ether oxygens (including phenoxy) is 2. The Kier molecular flexibility index (Phi) is 9.03. The number of nitrogens with zero attached hydrogens (tertiary/aromatic N) is 1. The van der Waals surface area contributed by atoms with Gasteiger partial charge in [-0.1, -0.05) is 42.5 Å². The third kappa shape index (κ3) is 8.14. The molecule has 0 radical (unpaired) electrons. The maximum absolute atomic E-state index is 12.1. The second kappa shape index (κ2) is 12.7. The van der Waals surface area contributed by atoms with Gasteiger partial charge in [0, 0.05) is 24.1 Å². The van der Waals surface area contributed by atoms with E-state index in [1.165, 1.54) is 6.21 Å². The number of hydrogen-bond donors (Lipinski definition) is 2. The molecule has 3 aromatic rings. The van der Waals surface area contributed by atoms with E-state index in [9.17, 15) is 9.59 Å². The van der Waals surface area contributed by atoms with Crippen molar-refractivity contribution < 1.29 is 19.1 Å². The summed E-state index contributed by atoms with van der Waals surface area (Å²) in [5.74, 6) is 0.794. The van der Waals surface area contributed by atoms with Gasteiger partial charge in [-0.15, -0.1) is 0 Å². The predicted molar refractivity (Wildman–Crippen MR) is 128 cm³/mol. The van der Waals surface area contributed by atoms with Gasteiger partial charge in [-0.25, -0.2) is 5.43 Å². The molecule has 0 spiro atoms. The van der Waals surface area contributed by atoms with E-state index in [0.29, 0.717) is 24.7 Å². The highest BCUT2D eigenvalue weighted by Gasteiger charge is 2.07. The highest BCUT2D eigenvalue weighted by molar-refractivity contribution is 5.93. The Morgan fingerprint density at radius 1 is 0.848 bits per heavy atom. The smallest absolute Gasteiger partial charge is 0.240 e. The van der Waals surface area contributed by atoms with Crippen molar-refractivity contribution in [1.29, 1.82) is 0 Å². The van der Waals surface area contributed by atoms with E-state index in [1.807, 2.05) is 61.5 Å². The molecule has 0 aromatic heterocycles. The largest absolute Gasteiger partial charge is 0.494 e. The first kappa shape index (κ1) is 23.5. The number of anilines is 1. The summed E-state index contributed by atoms with van der Waals surface area (Å²) in [6.45, 7) is 2.92. The number of nitrogens with one attached hydrogen (secondary N) is 2. The molecular weight excluding hydrogens is 418 g/mol. The molecule has 3 rings (SSSR count). The second-order valence-electron chi connectivity index (χ2n) is 7.11. The van der Waals surface area contributed by atoms with Crippen molar-refractivity contribution >= 4 is 23.7 Å². The van der Waals surface area contributed by atoms with Gasteiger partial charge in [-0.05, 0) is 48.9 Å². The van der Waals surface area contributed by atoms with Gasteiger partial charge in [0.15, 0.2) is 0 Å². The molecule has 7 nitrogen and oxygen atoms in total. The second-order valence-corrected chi connectivity index (χ2v) is 7.11. The normalized spacial score (nSPS) is 10.6. The van der Waals surface area contributed by atoms with E-state index in [0.717, 1.165) is 16.9 Å². The summed E-state index contributed by atoms with van der Waals surface area (Å²) in [5, 5.41) is 6.75. The minimum absolute atomic E-state index is 0.0202. The highest BCUT2D eigenvalue weighted by Crippen LogP contribution is 2.18. The van der Waals surface area contributed by atoms with Gasteiger partial charge in [-0.2, -0.15) is 5.10 Å². The van der Waals surface area contributed by atoms with Gasteiger partial charge in [0.2, 0.25) is 11.8 Å². The molecule has 0 aliphatic rings. The number of hydrazone groups is 1. The van der Waals surface area contributed by atoms with E-state index in [2.05, 4.69) is 15.8 Å². The Labute approximate surface area is 193 Å². The molecule has 0 saturated carbocycles. The Balaban J connectivity index is 1.43. The zero-order valence-electron chi connectivity index (χ0n) is 18.5. The van der Waals surface area contributed by atoms with Gasteiger partial charge in [0.25, 0.3) is 0 Å². The van der Waals surface area contributed by atoms with E-state index in [-0.39, 0.29) is 24.7 Å². The van der Waals surface area contributed by atoms with Crippen LogP contribution in [0.5, 0.6) is 11.5 Å². The number of rotatable bonds is 11. The van der Waals surface area contributed by atoms with E-state index in [1.54, 1.807) is 24.3 Å². The quantitative estimate of drug-likeness (QED) is 0.335. The molecule has 0 saturated heterocycles. The lowest BCUT2D eigenvalue weighted by Crippen LogP contribution is -2.20. The third-order valence-corrected chi connectivity index (χ3v) is 4.58. The van der Waals surface area contributed by atoms with E-state index < -0.39 is 0 Å². The molecule has 0 heterocycles.